The summed E-state index contributed by atoms with van der Waals surface area (Å²) in [5, 5.41) is 2.64. The summed E-state index contributed by atoms with van der Waals surface area (Å²) in [4.78, 5) is 13.2. The zero-order valence-electron chi connectivity index (χ0n) is 8.42. The van der Waals surface area contributed by atoms with Crippen molar-refractivity contribution < 1.29 is 4.79 Å². The highest BCUT2D eigenvalue weighted by atomic mass is 16.2. The molecule has 0 bridgehead atoms. The van der Waals surface area contributed by atoms with Crippen LogP contribution in [0.25, 0.3) is 0 Å². The summed E-state index contributed by atoms with van der Waals surface area (Å²) in [7, 11) is 1.66. The topological polar surface area (TPSA) is 58.4 Å². The Bertz CT molecular complexity index is 184. The van der Waals surface area contributed by atoms with Gasteiger partial charge >= 0.3 is 6.03 Å². The second-order valence-corrected chi connectivity index (χ2v) is 3.76. The standard InChI is InChI=1S/C9H19N3O/c1-7-3-4-12(9(13)11-2)6-8(7)5-10/h7-8H,3-6,10H2,1-2H3,(H,11,13). The van der Waals surface area contributed by atoms with Crippen molar-refractivity contribution in [3.05, 3.63) is 0 Å². The summed E-state index contributed by atoms with van der Waals surface area (Å²) >= 11 is 0. The van der Waals surface area contributed by atoms with E-state index in [2.05, 4.69) is 12.2 Å². The maximum Gasteiger partial charge on any atom is 0.317 e. The first kappa shape index (κ1) is 10.3. The van der Waals surface area contributed by atoms with Crippen molar-refractivity contribution >= 4 is 6.03 Å². The number of hydrogen-bond donors (Lipinski definition) is 2. The van der Waals surface area contributed by atoms with Crippen LogP contribution < -0.4 is 11.1 Å². The fourth-order valence-electron chi connectivity index (χ4n) is 1.80. The number of nitrogens with one attached hydrogen (secondary N) is 1. The molecule has 76 valence electrons. The number of carbonyl (C=O) groups is 1. The van der Waals surface area contributed by atoms with E-state index in [1.165, 1.54) is 0 Å². The lowest BCUT2D eigenvalue weighted by atomic mass is 9.87. The number of carbonyl (C=O) groups excluding carboxylic acids is 1. The summed E-state index contributed by atoms with van der Waals surface area (Å²) in [6.45, 7) is 4.54. The van der Waals surface area contributed by atoms with Gasteiger partial charge in [-0.25, -0.2) is 4.79 Å². The molecule has 1 aliphatic heterocycles. The molecule has 0 saturated carbocycles. The van der Waals surface area contributed by atoms with E-state index in [0.717, 1.165) is 19.5 Å². The normalized spacial score (nSPS) is 28.7. The maximum absolute atomic E-state index is 11.3. The smallest absolute Gasteiger partial charge is 0.317 e. The monoisotopic (exact) mass is 185 g/mol. The summed E-state index contributed by atoms with van der Waals surface area (Å²) in [6.07, 6.45) is 1.06. The van der Waals surface area contributed by atoms with Gasteiger partial charge < -0.3 is 16.0 Å². The van der Waals surface area contributed by atoms with Crippen LogP contribution in [0.3, 0.4) is 0 Å². The Morgan fingerprint density at radius 1 is 1.69 bits per heavy atom. The molecule has 0 radical (unpaired) electrons. The lowest BCUT2D eigenvalue weighted by Gasteiger charge is -2.36. The number of urea groups is 1. The SMILES string of the molecule is CNC(=O)N1CCC(C)C(CN)C1. The first-order valence-electron chi connectivity index (χ1n) is 4.85. The summed E-state index contributed by atoms with van der Waals surface area (Å²) in [5.74, 6) is 1.11. The molecule has 1 saturated heterocycles. The van der Waals surface area contributed by atoms with Gasteiger partial charge in [0.25, 0.3) is 0 Å². The zero-order valence-corrected chi connectivity index (χ0v) is 8.42. The molecule has 4 nitrogen and oxygen atoms in total. The third-order valence-corrected chi connectivity index (χ3v) is 2.92. The van der Waals surface area contributed by atoms with E-state index >= 15 is 0 Å². The molecular weight excluding hydrogens is 166 g/mol. The fourth-order valence-corrected chi connectivity index (χ4v) is 1.80. The first-order chi connectivity index (χ1) is 6.19. The summed E-state index contributed by atoms with van der Waals surface area (Å²) in [5.41, 5.74) is 5.64. The number of nitrogens with two attached hydrogens (primary N) is 1. The van der Waals surface area contributed by atoms with Gasteiger partial charge in [0, 0.05) is 20.1 Å². The molecule has 0 aromatic heterocycles. The minimum absolute atomic E-state index is 0.0188. The van der Waals surface area contributed by atoms with Gasteiger partial charge in [-0.2, -0.15) is 0 Å². The molecule has 2 amide bonds. The Balaban J connectivity index is 2.49. The molecule has 0 aliphatic carbocycles. The Morgan fingerprint density at radius 3 is 2.92 bits per heavy atom. The van der Waals surface area contributed by atoms with Gasteiger partial charge in [-0.15, -0.1) is 0 Å². The minimum Gasteiger partial charge on any atom is -0.341 e. The van der Waals surface area contributed by atoms with E-state index in [4.69, 9.17) is 5.73 Å². The molecule has 0 spiro atoms. The van der Waals surface area contributed by atoms with Crippen LogP contribution in [0.4, 0.5) is 4.79 Å². The average molecular weight is 185 g/mol. The number of likely N-dealkylation sites (tertiary alicyclic amines) is 1. The maximum atomic E-state index is 11.3. The molecule has 0 aromatic carbocycles. The van der Waals surface area contributed by atoms with Gasteiger partial charge in [0.15, 0.2) is 0 Å². The highest BCUT2D eigenvalue weighted by Crippen LogP contribution is 2.21. The molecular formula is C9H19N3O. The van der Waals surface area contributed by atoms with Gasteiger partial charge in [-0.3, -0.25) is 0 Å². The van der Waals surface area contributed by atoms with Crippen LogP contribution in [-0.4, -0.2) is 37.6 Å². The third-order valence-electron chi connectivity index (χ3n) is 2.92. The quantitative estimate of drug-likeness (QED) is 0.615. The Hall–Kier alpha value is -0.770. The van der Waals surface area contributed by atoms with Crippen molar-refractivity contribution in [3.63, 3.8) is 0 Å². The number of nitrogens with zero attached hydrogens (tertiary/aromatic N) is 1. The van der Waals surface area contributed by atoms with Crippen molar-refractivity contribution in [2.45, 2.75) is 13.3 Å². The molecule has 1 heterocycles. The predicted octanol–water partition coefficient (Wildman–Crippen LogP) is 0.243. The number of rotatable bonds is 1. The molecule has 1 aliphatic rings. The van der Waals surface area contributed by atoms with Crippen molar-refractivity contribution in [2.24, 2.45) is 17.6 Å². The third kappa shape index (κ3) is 2.34. The van der Waals surface area contributed by atoms with Crippen LogP contribution in [0, 0.1) is 11.8 Å². The average Bonchev–Trinajstić information content (AvgIpc) is 2.17. The Kier molecular flexibility index (Phi) is 3.54. The molecule has 4 heteroatoms. The van der Waals surface area contributed by atoms with E-state index in [1.54, 1.807) is 7.05 Å². The number of piperidine rings is 1. The van der Waals surface area contributed by atoms with Crippen LogP contribution in [0.5, 0.6) is 0 Å². The van der Waals surface area contributed by atoms with E-state index in [1.807, 2.05) is 4.90 Å². The van der Waals surface area contributed by atoms with Crippen LogP contribution in [0.2, 0.25) is 0 Å². The molecule has 3 N–H and O–H groups in total. The van der Waals surface area contributed by atoms with Crippen molar-refractivity contribution in [2.75, 3.05) is 26.7 Å². The van der Waals surface area contributed by atoms with Gasteiger partial charge in [-0.05, 0) is 24.8 Å². The predicted molar refractivity (Wildman–Crippen MR) is 52.4 cm³/mol. The molecule has 2 unspecified atom stereocenters. The number of amides is 2. The highest BCUT2D eigenvalue weighted by molar-refractivity contribution is 5.73. The second kappa shape index (κ2) is 4.46. The second-order valence-electron chi connectivity index (χ2n) is 3.76. The van der Waals surface area contributed by atoms with Crippen LogP contribution in [0.15, 0.2) is 0 Å². The van der Waals surface area contributed by atoms with Gasteiger partial charge in [0.2, 0.25) is 0 Å². The van der Waals surface area contributed by atoms with Crippen molar-refractivity contribution in [1.82, 2.24) is 10.2 Å². The van der Waals surface area contributed by atoms with E-state index in [9.17, 15) is 4.79 Å². The van der Waals surface area contributed by atoms with Gasteiger partial charge in [0.05, 0.1) is 0 Å². The summed E-state index contributed by atoms with van der Waals surface area (Å²) in [6, 6.07) is 0.0188. The van der Waals surface area contributed by atoms with E-state index < -0.39 is 0 Å². The van der Waals surface area contributed by atoms with Crippen molar-refractivity contribution in [1.29, 1.82) is 0 Å². The van der Waals surface area contributed by atoms with Gasteiger partial charge in [-0.1, -0.05) is 6.92 Å². The molecule has 2 atom stereocenters. The van der Waals surface area contributed by atoms with Crippen molar-refractivity contribution in [3.8, 4) is 0 Å². The largest absolute Gasteiger partial charge is 0.341 e. The first-order valence-corrected chi connectivity index (χ1v) is 4.85. The Morgan fingerprint density at radius 2 is 2.38 bits per heavy atom. The lowest BCUT2D eigenvalue weighted by molar-refractivity contribution is 0.141. The van der Waals surface area contributed by atoms with Gasteiger partial charge in [0.1, 0.15) is 0 Å². The lowest BCUT2D eigenvalue weighted by Crippen LogP contribution is -2.48. The molecule has 13 heavy (non-hydrogen) atoms. The molecule has 1 fully saturated rings. The van der Waals surface area contributed by atoms with Crippen LogP contribution in [0.1, 0.15) is 13.3 Å². The molecule has 1 rings (SSSR count). The van der Waals surface area contributed by atoms with E-state index in [-0.39, 0.29) is 6.03 Å². The highest BCUT2D eigenvalue weighted by Gasteiger charge is 2.27. The van der Waals surface area contributed by atoms with E-state index in [0.29, 0.717) is 18.4 Å². The minimum atomic E-state index is 0.0188. The molecule has 0 aromatic rings. The summed E-state index contributed by atoms with van der Waals surface area (Å²) < 4.78 is 0. The zero-order chi connectivity index (χ0) is 9.84. The number of hydrogen-bond acceptors (Lipinski definition) is 2. The Labute approximate surface area is 79.5 Å². The van der Waals surface area contributed by atoms with Crippen LogP contribution in [-0.2, 0) is 0 Å². The van der Waals surface area contributed by atoms with Crippen LogP contribution >= 0.6 is 0 Å². The fraction of sp³-hybridized carbons (Fsp3) is 0.889.